The fourth-order valence-electron chi connectivity index (χ4n) is 4.50. The summed E-state index contributed by atoms with van der Waals surface area (Å²) in [6, 6.07) is 20.0. The number of aromatic nitrogens is 1. The number of rotatable bonds is 8. The van der Waals surface area contributed by atoms with E-state index >= 15 is 0 Å². The minimum atomic E-state index is -1.23. The second kappa shape index (κ2) is 10.3. The second-order valence-corrected chi connectivity index (χ2v) is 9.10. The zero-order valence-corrected chi connectivity index (χ0v) is 21.0. The molecular formula is C28H23N3O6S. The summed E-state index contributed by atoms with van der Waals surface area (Å²) < 4.78 is 11.5. The molecule has 1 fully saturated rings. The van der Waals surface area contributed by atoms with Gasteiger partial charge in [0.15, 0.2) is 5.11 Å². The molecule has 38 heavy (non-hydrogen) atoms. The minimum absolute atomic E-state index is 0.144. The van der Waals surface area contributed by atoms with Crippen LogP contribution < -0.4 is 10.1 Å². The molecule has 1 aliphatic heterocycles. The van der Waals surface area contributed by atoms with Crippen LogP contribution >= 0.6 is 12.2 Å². The molecule has 3 N–H and O–H groups in total. The van der Waals surface area contributed by atoms with Crippen molar-refractivity contribution in [2.24, 2.45) is 0 Å². The lowest BCUT2D eigenvalue weighted by atomic mass is 10.0. The first-order valence-corrected chi connectivity index (χ1v) is 12.1. The number of ether oxygens (including phenoxy) is 1. The molecule has 4 aromatic rings. The molecule has 0 amide bonds. The molecule has 2 aromatic carbocycles. The Hall–Kier alpha value is -4.70. The van der Waals surface area contributed by atoms with Crippen molar-refractivity contribution in [2.75, 3.05) is 7.11 Å². The van der Waals surface area contributed by atoms with E-state index in [1.165, 1.54) is 12.1 Å². The zero-order valence-electron chi connectivity index (χ0n) is 20.2. The number of nitrogens with zero attached hydrogens (tertiary/aromatic N) is 2. The van der Waals surface area contributed by atoms with Crippen LogP contribution in [-0.4, -0.2) is 44.3 Å². The molecule has 10 heteroatoms. The fourth-order valence-corrected chi connectivity index (χ4v) is 4.80. The summed E-state index contributed by atoms with van der Waals surface area (Å²) >= 11 is 5.72. The molecule has 192 valence electrons. The Kier molecular flexibility index (Phi) is 6.80. The zero-order chi connectivity index (χ0) is 26.8. The number of nitrogens with one attached hydrogen (secondary N) is 1. The number of aromatic carboxylic acids is 2. The van der Waals surface area contributed by atoms with E-state index in [9.17, 15) is 19.8 Å². The minimum Gasteiger partial charge on any atom is -0.497 e. The summed E-state index contributed by atoms with van der Waals surface area (Å²) in [5.41, 5.74) is 1.84. The molecule has 1 saturated heterocycles. The van der Waals surface area contributed by atoms with Crippen LogP contribution in [0, 0.1) is 0 Å². The van der Waals surface area contributed by atoms with Gasteiger partial charge in [-0.1, -0.05) is 18.2 Å². The average Bonchev–Trinajstić information content (AvgIpc) is 3.54. The molecule has 5 rings (SSSR count). The number of thiocarbonyl (C=S) groups is 1. The maximum absolute atomic E-state index is 11.6. The molecule has 3 heterocycles. The number of methoxy groups -OCH3 is 1. The maximum Gasteiger partial charge on any atom is 0.335 e. The van der Waals surface area contributed by atoms with E-state index in [2.05, 4.69) is 10.3 Å². The fraction of sp³-hybridized carbons (Fsp3) is 0.143. The number of carboxylic acid groups (broad SMARTS) is 2. The Morgan fingerprint density at radius 2 is 1.74 bits per heavy atom. The van der Waals surface area contributed by atoms with Crippen LogP contribution in [0.2, 0.25) is 0 Å². The van der Waals surface area contributed by atoms with Gasteiger partial charge in [0, 0.05) is 18.3 Å². The van der Waals surface area contributed by atoms with E-state index in [-0.39, 0.29) is 23.2 Å². The molecule has 0 spiro atoms. The third-order valence-corrected chi connectivity index (χ3v) is 6.69. The Morgan fingerprint density at radius 1 is 1.03 bits per heavy atom. The smallest absolute Gasteiger partial charge is 0.335 e. The summed E-state index contributed by atoms with van der Waals surface area (Å²) in [6.07, 6.45) is 1.71. The van der Waals surface area contributed by atoms with E-state index in [0.717, 1.165) is 23.1 Å². The summed E-state index contributed by atoms with van der Waals surface area (Å²) in [7, 11) is 1.61. The molecule has 0 saturated carbocycles. The lowest BCUT2D eigenvalue weighted by Gasteiger charge is -2.26. The third kappa shape index (κ3) is 4.94. The predicted octanol–water partition coefficient (Wildman–Crippen LogP) is 4.92. The molecule has 0 unspecified atom stereocenters. The number of pyridine rings is 1. The monoisotopic (exact) mass is 529 g/mol. The molecule has 9 nitrogen and oxygen atoms in total. The van der Waals surface area contributed by atoms with Gasteiger partial charge >= 0.3 is 11.9 Å². The first-order valence-electron chi connectivity index (χ1n) is 11.7. The quantitative estimate of drug-likeness (QED) is 0.271. The highest BCUT2D eigenvalue weighted by molar-refractivity contribution is 7.80. The number of carbonyl (C=O) groups is 2. The van der Waals surface area contributed by atoms with Gasteiger partial charge in [0.2, 0.25) is 0 Å². The van der Waals surface area contributed by atoms with Gasteiger partial charge in [0.1, 0.15) is 23.3 Å². The highest BCUT2D eigenvalue weighted by atomic mass is 32.1. The van der Waals surface area contributed by atoms with Crippen molar-refractivity contribution in [2.45, 2.75) is 18.6 Å². The largest absolute Gasteiger partial charge is 0.497 e. The van der Waals surface area contributed by atoms with E-state index in [4.69, 9.17) is 21.4 Å². The van der Waals surface area contributed by atoms with Crippen LogP contribution in [0.15, 0.2) is 83.4 Å². The van der Waals surface area contributed by atoms with Crippen molar-refractivity contribution in [3.05, 3.63) is 107 Å². The summed E-state index contributed by atoms with van der Waals surface area (Å²) in [5.74, 6) is -0.805. The van der Waals surface area contributed by atoms with Gasteiger partial charge in [0.05, 0.1) is 30.0 Å². The number of benzene rings is 2. The lowest BCUT2D eigenvalue weighted by Crippen LogP contribution is -2.29. The predicted molar refractivity (Wildman–Crippen MR) is 142 cm³/mol. The van der Waals surface area contributed by atoms with Gasteiger partial charge in [-0.3, -0.25) is 4.98 Å². The average molecular weight is 530 g/mol. The first-order chi connectivity index (χ1) is 18.3. The number of carboxylic acids is 2. The number of hydrogen-bond acceptors (Lipinski definition) is 6. The summed E-state index contributed by atoms with van der Waals surface area (Å²) in [6.45, 7) is 0.484. The normalized spacial score (nSPS) is 16.8. The molecule has 0 bridgehead atoms. The molecular weight excluding hydrogens is 506 g/mol. The van der Waals surface area contributed by atoms with Crippen LogP contribution in [0.4, 0.5) is 0 Å². The molecule has 0 aliphatic carbocycles. The number of hydrogen-bond donors (Lipinski definition) is 3. The lowest BCUT2D eigenvalue weighted by molar-refractivity contribution is 0.0696. The Morgan fingerprint density at radius 3 is 2.34 bits per heavy atom. The second-order valence-electron chi connectivity index (χ2n) is 8.71. The van der Waals surface area contributed by atoms with Crippen molar-refractivity contribution < 1.29 is 29.0 Å². The van der Waals surface area contributed by atoms with Crippen molar-refractivity contribution in [3.63, 3.8) is 0 Å². The van der Waals surface area contributed by atoms with Crippen LogP contribution in [0.3, 0.4) is 0 Å². The molecule has 2 aromatic heterocycles. The SMILES string of the molecule is COc1ccc(CN2C(=S)N[C@H](c3ccccn3)[C@H]2c2ccc(-c3cc(C(=O)O)cc(C(=O)O)c3)o2)cc1. The molecule has 0 radical (unpaired) electrons. The standard InChI is InChI=1S/C28H23N3O6S/c1-36-20-7-5-16(6-8-20)15-31-25(24(30-28(31)38)21-4-2-3-11-29-21)23-10-9-22(37-23)17-12-18(26(32)33)14-19(13-17)27(34)35/h2-14,24-25H,15H2,1H3,(H,30,38)(H,32,33)(H,34,35)/t24-,25-/m1/s1. The van der Waals surface area contributed by atoms with Crippen molar-refractivity contribution >= 4 is 29.3 Å². The Labute approximate surface area is 223 Å². The van der Waals surface area contributed by atoms with Crippen LogP contribution in [0.25, 0.3) is 11.3 Å². The maximum atomic E-state index is 11.6. The van der Waals surface area contributed by atoms with E-state index < -0.39 is 11.9 Å². The van der Waals surface area contributed by atoms with E-state index in [1.807, 2.05) is 47.4 Å². The van der Waals surface area contributed by atoms with Gasteiger partial charge in [0.25, 0.3) is 0 Å². The van der Waals surface area contributed by atoms with Gasteiger partial charge in [-0.25, -0.2) is 9.59 Å². The topological polar surface area (TPSA) is 125 Å². The van der Waals surface area contributed by atoms with Crippen molar-refractivity contribution in [3.8, 4) is 17.1 Å². The highest BCUT2D eigenvalue weighted by Gasteiger charge is 2.41. The highest BCUT2D eigenvalue weighted by Crippen LogP contribution is 2.41. The Balaban J connectivity index is 1.55. The molecule has 1 aliphatic rings. The van der Waals surface area contributed by atoms with Gasteiger partial charge < -0.3 is 29.6 Å². The van der Waals surface area contributed by atoms with Crippen LogP contribution in [0.5, 0.6) is 5.75 Å². The van der Waals surface area contributed by atoms with Gasteiger partial charge in [-0.05, 0) is 72.4 Å². The molecule has 2 atom stereocenters. The van der Waals surface area contributed by atoms with Crippen LogP contribution in [-0.2, 0) is 6.54 Å². The van der Waals surface area contributed by atoms with Crippen molar-refractivity contribution in [1.82, 2.24) is 15.2 Å². The number of furan rings is 1. The van der Waals surface area contributed by atoms with Crippen molar-refractivity contribution in [1.29, 1.82) is 0 Å². The third-order valence-electron chi connectivity index (χ3n) is 6.34. The summed E-state index contributed by atoms with van der Waals surface area (Å²) in [4.78, 5) is 29.7. The van der Waals surface area contributed by atoms with E-state index in [1.54, 1.807) is 25.4 Å². The van der Waals surface area contributed by atoms with Crippen LogP contribution in [0.1, 0.15) is 49.8 Å². The summed E-state index contributed by atoms with van der Waals surface area (Å²) in [5, 5.41) is 22.8. The first kappa shape index (κ1) is 25.0. The van der Waals surface area contributed by atoms with Gasteiger partial charge in [-0.15, -0.1) is 0 Å². The van der Waals surface area contributed by atoms with E-state index in [0.29, 0.717) is 28.7 Å². The van der Waals surface area contributed by atoms with Gasteiger partial charge in [-0.2, -0.15) is 0 Å². The Bertz CT molecular complexity index is 1470.